The smallest absolute Gasteiger partial charge is 0.298 e. The zero-order chi connectivity index (χ0) is 14.3. The molecule has 0 N–H and O–H groups in total. The van der Waals surface area contributed by atoms with Gasteiger partial charge in [0.15, 0.2) is 6.29 Å². The van der Waals surface area contributed by atoms with Crippen molar-refractivity contribution >= 4 is 16.1 Å². The summed E-state index contributed by atoms with van der Waals surface area (Å²) < 4.78 is 60.2. The summed E-state index contributed by atoms with van der Waals surface area (Å²) in [5, 5.41) is 0. The van der Waals surface area contributed by atoms with Gasteiger partial charge in [-0.25, -0.2) is 8.42 Å². The van der Waals surface area contributed by atoms with E-state index in [1.165, 1.54) is 20.8 Å². The van der Waals surface area contributed by atoms with Crippen LogP contribution >= 0.6 is 0 Å². The molecule has 1 aromatic carbocycles. The summed E-state index contributed by atoms with van der Waals surface area (Å²) in [5.74, 6) is 0. The maximum atomic E-state index is 12.5. The van der Waals surface area contributed by atoms with E-state index in [0.29, 0.717) is 6.29 Å². The number of rotatable bonds is 2. The van der Waals surface area contributed by atoms with Gasteiger partial charge in [-0.15, -0.1) is 0 Å². The first-order valence-corrected chi connectivity index (χ1v) is 6.39. The van der Waals surface area contributed by atoms with Crippen molar-refractivity contribution in [3.05, 3.63) is 28.3 Å². The molecule has 0 aliphatic rings. The molecule has 0 heterocycles. The van der Waals surface area contributed by atoms with Crippen LogP contribution in [-0.2, 0) is 9.84 Å². The first-order chi connectivity index (χ1) is 8.04. The highest BCUT2D eigenvalue weighted by Crippen LogP contribution is 2.34. The summed E-state index contributed by atoms with van der Waals surface area (Å²) in [6.45, 7) is 4.06. The molecule has 0 aliphatic carbocycles. The van der Waals surface area contributed by atoms with E-state index in [2.05, 4.69) is 0 Å². The van der Waals surface area contributed by atoms with Gasteiger partial charge in [0.05, 0.1) is 4.90 Å². The summed E-state index contributed by atoms with van der Waals surface area (Å²) in [6, 6.07) is 0.884. The first-order valence-electron chi connectivity index (χ1n) is 4.91. The lowest BCUT2D eigenvalue weighted by atomic mass is 9.99. The fraction of sp³-hybridized carbons (Fsp3) is 0.364. The van der Waals surface area contributed by atoms with E-state index in [-0.39, 0.29) is 22.3 Å². The third kappa shape index (κ3) is 2.14. The summed E-state index contributed by atoms with van der Waals surface area (Å²) in [6.07, 6.45) is 0.502. The predicted octanol–water partition coefficient (Wildman–Crippen LogP) is 2.72. The standard InChI is InChI=1S/C11H11F3O3S/c1-6-4-10(18(16,17)11(12,13)14)8(3)7(2)9(6)5-15/h4-5H,1-3H3. The van der Waals surface area contributed by atoms with Gasteiger partial charge in [0.25, 0.3) is 9.84 Å². The number of halogens is 3. The van der Waals surface area contributed by atoms with Gasteiger partial charge in [-0.1, -0.05) is 0 Å². The highest BCUT2D eigenvalue weighted by atomic mass is 32.2. The number of carbonyl (C=O) groups is 1. The minimum Gasteiger partial charge on any atom is -0.298 e. The lowest BCUT2D eigenvalue weighted by molar-refractivity contribution is -0.0436. The highest BCUT2D eigenvalue weighted by molar-refractivity contribution is 7.92. The van der Waals surface area contributed by atoms with Gasteiger partial charge in [0.2, 0.25) is 0 Å². The summed E-state index contributed by atoms with van der Waals surface area (Å²) in [4.78, 5) is 9.99. The second-order valence-corrected chi connectivity index (χ2v) is 5.83. The Hall–Kier alpha value is -1.37. The Balaban J connectivity index is 3.71. The number of aldehydes is 1. The molecule has 0 spiro atoms. The van der Waals surface area contributed by atoms with Crippen molar-refractivity contribution in [3.63, 3.8) is 0 Å². The van der Waals surface area contributed by atoms with Crippen molar-refractivity contribution in [3.8, 4) is 0 Å². The summed E-state index contributed by atoms with van der Waals surface area (Å²) >= 11 is 0. The fourth-order valence-corrected chi connectivity index (χ4v) is 2.79. The Bertz CT molecular complexity index is 601. The van der Waals surface area contributed by atoms with E-state index < -0.39 is 20.2 Å². The van der Waals surface area contributed by atoms with Crippen LogP contribution in [0.3, 0.4) is 0 Å². The van der Waals surface area contributed by atoms with E-state index >= 15 is 0 Å². The number of sulfone groups is 1. The Morgan fingerprint density at radius 2 is 1.61 bits per heavy atom. The van der Waals surface area contributed by atoms with Gasteiger partial charge in [-0.2, -0.15) is 13.2 Å². The molecule has 1 rings (SSSR count). The summed E-state index contributed by atoms with van der Waals surface area (Å²) in [7, 11) is -5.39. The van der Waals surface area contributed by atoms with Gasteiger partial charge >= 0.3 is 5.51 Å². The summed E-state index contributed by atoms with van der Waals surface area (Å²) in [5.41, 5.74) is -4.74. The van der Waals surface area contributed by atoms with E-state index in [9.17, 15) is 26.4 Å². The third-order valence-corrected chi connectivity index (χ3v) is 4.43. The monoisotopic (exact) mass is 280 g/mol. The van der Waals surface area contributed by atoms with Crippen molar-refractivity contribution in [2.75, 3.05) is 0 Å². The molecular weight excluding hydrogens is 269 g/mol. The van der Waals surface area contributed by atoms with Crippen LogP contribution in [0, 0.1) is 20.8 Å². The molecule has 100 valence electrons. The van der Waals surface area contributed by atoms with E-state index in [4.69, 9.17) is 0 Å². The van der Waals surface area contributed by atoms with Crippen LogP contribution < -0.4 is 0 Å². The first kappa shape index (κ1) is 14.7. The molecule has 0 radical (unpaired) electrons. The molecule has 7 heteroatoms. The minimum atomic E-state index is -5.39. The molecule has 0 unspecified atom stereocenters. The van der Waals surface area contributed by atoms with E-state index in [1.807, 2.05) is 0 Å². The molecule has 0 aliphatic heterocycles. The van der Waals surface area contributed by atoms with Crippen LogP contribution in [0.2, 0.25) is 0 Å². The molecule has 0 saturated heterocycles. The second kappa shape index (κ2) is 4.38. The Morgan fingerprint density at radius 3 is 2.00 bits per heavy atom. The number of carbonyl (C=O) groups excluding carboxylic acids is 1. The number of hydrogen-bond donors (Lipinski definition) is 0. The largest absolute Gasteiger partial charge is 0.501 e. The lowest BCUT2D eigenvalue weighted by Gasteiger charge is -2.15. The quantitative estimate of drug-likeness (QED) is 0.783. The van der Waals surface area contributed by atoms with Crippen molar-refractivity contribution in [1.82, 2.24) is 0 Å². The molecule has 0 amide bonds. The average Bonchev–Trinajstić information content (AvgIpc) is 2.22. The van der Waals surface area contributed by atoms with Crippen LogP contribution in [0.25, 0.3) is 0 Å². The van der Waals surface area contributed by atoms with Crippen LogP contribution in [0.1, 0.15) is 27.0 Å². The number of aryl methyl sites for hydroxylation is 1. The third-order valence-electron chi connectivity index (χ3n) is 2.82. The van der Waals surface area contributed by atoms with E-state index in [0.717, 1.165) is 6.07 Å². The van der Waals surface area contributed by atoms with Crippen LogP contribution in [0.15, 0.2) is 11.0 Å². The molecule has 18 heavy (non-hydrogen) atoms. The van der Waals surface area contributed by atoms with Crippen LogP contribution in [0.4, 0.5) is 13.2 Å². The molecule has 0 bridgehead atoms. The second-order valence-electron chi connectivity index (χ2n) is 3.92. The SMILES string of the molecule is Cc1cc(S(=O)(=O)C(F)(F)F)c(C)c(C)c1C=O. The van der Waals surface area contributed by atoms with Crippen molar-refractivity contribution in [1.29, 1.82) is 0 Å². The fourth-order valence-electron chi connectivity index (χ4n) is 1.65. The lowest BCUT2D eigenvalue weighted by Crippen LogP contribution is -2.24. The number of alkyl halides is 3. The maximum absolute atomic E-state index is 12.5. The normalized spacial score (nSPS) is 12.6. The van der Waals surface area contributed by atoms with Gasteiger partial charge in [-0.3, -0.25) is 4.79 Å². The zero-order valence-electron chi connectivity index (χ0n) is 9.92. The minimum absolute atomic E-state index is 0.0555. The highest BCUT2D eigenvalue weighted by Gasteiger charge is 2.47. The van der Waals surface area contributed by atoms with Crippen LogP contribution in [0.5, 0.6) is 0 Å². The Morgan fingerprint density at radius 1 is 1.11 bits per heavy atom. The molecule has 0 saturated carbocycles. The number of hydrogen-bond acceptors (Lipinski definition) is 3. The Labute approximate surface area is 103 Å². The maximum Gasteiger partial charge on any atom is 0.501 e. The molecule has 0 aromatic heterocycles. The Kier molecular flexibility index (Phi) is 3.58. The molecule has 1 aromatic rings. The van der Waals surface area contributed by atoms with Crippen molar-refractivity contribution < 1.29 is 26.4 Å². The van der Waals surface area contributed by atoms with Crippen LogP contribution in [-0.4, -0.2) is 20.2 Å². The molecular formula is C11H11F3O3S. The van der Waals surface area contributed by atoms with Gasteiger partial charge in [-0.05, 0) is 43.5 Å². The number of benzene rings is 1. The average molecular weight is 280 g/mol. The van der Waals surface area contributed by atoms with Gasteiger partial charge in [0, 0.05) is 5.56 Å². The predicted molar refractivity (Wildman–Crippen MR) is 59.3 cm³/mol. The van der Waals surface area contributed by atoms with E-state index in [1.54, 1.807) is 0 Å². The van der Waals surface area contributed by atoms with Crippen molar-refractivity contribution in [2.24, 2.45) is 0 Å². The van der Waals surface area contributed by atoms with Gasteiger partial charge in [0.1, 0.15) is 0 Å². The molecule has 0 fully saturated rings. The van der Waals surface area contributed by atoms with Crippen molar-refractivity contribution in [2.45, 2.75) is 31.2 Å². The molecule has 3 nitrogen and oxygen atoms in total. The van der Waals surface area contributed by atoms with Gasteiger partial charge < -0.3 is 0 Å². The topological polar surface area (TPSA) is 51.2 Å². The molecule has 0 atom stereocenters. The zero-order valence-corrected chi connectivity index (χ0v) is 10.7.